The van der Waals surface area contributed by atoms with Crippen LogP contribution in [0.1, 0.15) is 80.3 Å². The van der Waals surface area contributed by atoms with Crippen LogP contribution < -0.4 is 0 Å². The van der Waals surface area contributed by atoms with Gasteiger partial charge in [0.25, 0.3) is 0 Å². The molecule has 0 unspecified atom stereocenters. The molecule has 0 aliphatic heterocycles. The molecule has 32 heavy (non-hydrogen) atoms. The zero-order valence-corrected chi connectivity index (χ0v) is 18.5. The summed E-state index contributed by atoms with van der Waals surface area (Å²) in [7, 11) is 0. The van der Waals surface area contributed by atoms with Gasteiger partial charge in [0, 0.05) is 0 Å². The fourth-order valence-electron chi connectivity index (χ4n) is 3.24. The van der Waals surface area contributed by atoms with Gasteiger partial charge in [-0.25, -0.2) is 19.2 Å². The lowest BCUT2D eigenvalue weighted by Gasteiger charge is -2.17. The zero-order chi connectivity index (χ0) is 24.6. The molecule has 0 atom stereocenters. The van der Waals surface area contributed by atoms with Gasteiger partial charge in [-0.3, -0.25) is 0 Å². The van der Waals surface area contributed by atoms with E-state index in [2.05, 4.69) is 13.8 Å². The zero-order valence-electron chi connectivity index (χ0n) is 18.5. The number of carbonyl (C=O) groups is 4. The van der Waals surface area contributed by atoms with E-state index in [9.17, 15) is 29.4 Å². The number of carboxylic acids is 4. The van der Waals surface area contributed by atoms with Gasteiger partial charge in [0.1, 0.15) is 0 Å². The Labute approximate surface area is 186 Å². The van der Waals surface area contributed by atoms with Gasteiger partial charge < -0.3 is 20.4 Å². The highest BCUT2D eigenvalue weighted by atomic mass is 16.4. The molecule has 2 aromatic rings. The minimum Gasteiger partial charge on any atom is -0.478 e. The summed E-state index contributed by atoms with van der Waals surface area (Å²) in [6, 6.07) is 8.64. The Kier molecular flexibility index (Phi) is 9.59. The van der Waals surface area contributed by atoms with Gasteiger partial charge in [-0.15, -0.1) is 0 Å². The van der Waals surface area contributed by atoms with Gasteiger partial charge in [-0.05, 0) is 54.0 Å². The van der Waals surface area contributed by atoms with E-state index >= 15 is 0 Å². The first-order valence-corrected chi connectivity index (χ1v) is 10.0. The minimum absolute atomic E-state index is 0.0515. The lowest BCUT2D eigenvalue weighted by Crippen LogP contribution is -2.16. The molecule has 0 saturated carbocycles. The summed E-state index contributed by atoms with van der Waals surface area (Å²) in [4.78, 5) is 43.7. The normalized spacial score (nSPS) is 10.4. The van der Waals surface area contributed by atoms with Crippen LogP contribution in [0.15, 0.2) is 36.4 Å². The van der Waals surface area contributed by atoms with Crippen molar-refractivity contribution in [3.05, 3.63) is 69.8 Å². The van der Waals surface area contributed by atoms with Gasteiger partial charge in [0.15, 0.2) is 0 Å². The summed E-state index contributed by atoms with van der Waals surface area (Å²) >= 11 is 0. The largest absolute Gasteiger partial charge is 0.478 e. The molecule has 2 rings (SSSR count). The maximum absolute atomic E-state index is 11.5. The van der Waals surface area contributed by atoms with E-state index < -0.39 is 23.9 Å². The number of carboxylic acid groups (broad SMARTS) is 4. The van der Waals surface area contributed by atoms with Crippen LogP contribution in [0.2, 0.25) is 0 Å². The second-order valence-electron chi connectivity index (χ2n) is 8.09. The van der Waals surface area contributed by atoms with E-state index in [0.29, 0.717) is 17.9 Å². The lowest BCUT2D eigenvalue weighted by atomic mass is 9.87. The molecule has 4 N–H and O–H groups in total. The molecule has 0 spiro atoms. The molecule has 0 fully saturated rings. The Morgan fingerprint density at radius 2 is 1.06 bits per heavy atom. The topological polar surface area (TPSA) is 149 Å². The van der Waals surface area contributed by atoms with Gasteiger partial charge in [-0.1, -0.05) is 45.9 Å². The molecule has 0 aromatic heterocycles. The first-order chi connectivity index (χ1) is 14.9. The highest BCUT2D eigenvalue weighted by molar-refractivity contribution is 6.03. The number of hydrogen-bond acceptors (Lipinski definition) is 4. The standard InChI is InChI=1S/C16H22O4.C8H6O4/c1-9(2)7-11-5-6-12(15(17)18)14(16(19)20)13(11)8-10(3)4;9-7(10)5-3-1-2-4-6(5)8(11)12/h5-6,9-10H,7-8H2,1-4H3,(H,17,18)(H,19,20);1-4H,(H,9,10)(H,11,12). The molecular formula is C24H28O8. The summed E-state index contributed by atoms with van der Waals surface area (Å²) in [5.41, 5.74) is 1.05. The van der Waals surface area contributed by atoms with E-state index in [-0.39, 0.29) is 28.2 Å². The molecule has 0 aliphatic rings. The first kappa shape index (κ1) is 26.4. The van der Waals surface area contributed by atoms with Gasteiger partial charge in [-0.2, -0.15) is 0 Å². The van der Waals surface area contributed by atoms with Gasteiger partial charge in [0.05, 0.1) is 22.3 Å². The van der Waals surface area contributed by atoms with Crippen LogP contribution in [-0.2, 0) is 12.8 Å². The van der Waals surface area contributed by atoms with Crippen molar-refractivity contribution in [3.63, 3.8) is 0 Å². The Balaban J connectivity index is 0.000000363. The van der Waals surface area contributed by atoms with Crippen molar-refractivity contribution in [3.8, 4) is 0 Å². The van der Waals surface area contributed by atoms with E-state index in [4.69, 9.17) is 10.2 Å². The third-order valence-electron chi connectivity index (χ3n) is 4.48. The number of benzene rings is 2. The summed E-state index contributed by atoms with van der Waals surface area (Å²) in [5.74, 6) is -4.16. The predicted octanol–water partition coefficient (Wildman–Crippen LogP) is 4.56. The monoisotopic (exact) mass is 444 g/mol. The number of hydrogen-bond donors (Lipinski definition) is 4. The molecule has 2 aromatic carbocycles. The molecule has 0 radical (unpaired) electrons. The summed E-state index contributed by atoms with van der Waals surface area (Å²) < 4.78 is 0. The lowest BCUT2D eigenvalue weighted by molar-refractivity contribution is 0.0650. The molecule has 0 aliphatic carbocycles. The van der Waals surface area contributed by atoms with Crippen molar-refractivity contribution in [2.24, 2.45) is 11.8 Å². The van der Waals surface area contributed by atoms with Crippen LogP contribution in [0.4, 0.5) is 0 Å². The van der Waals surface area contributed by atoms with E-state index in [1.807, 2.05) is 13.8 Å². The van der Waals surface area contributed by atoms with Crippen molar-refractivity contribution in [2.75, 3.05) is 0 Å². The molecule has 8 nitrogen and oxygen atoms in total. The molecule has 0 amide bonds. The molecular weight excluding hydrogens is 416 g/mol. The van der Waals surface area contributed by atoms with Crippen LogP contribution in [0, 0.1) is 11.8 Å². The van der Waals surface area contributed by atoms with Crippen LogP contribution in [0.5, 0.6) is 0 Å². The molecule has 8 heteroatoms. The fraction of sp³-hybridized carbons (Fsp3) is 0.333. The van der Waals surface area contributed by atoms with Crippen LogP contribution in [0.25, 0.3) is 0 Å². The number of aromatic carboxylic acids is 4. The minimum atomic E-state index is -1.23. The van der Waals surface area contributed by atoms with Gasteiger partial charge >= 0.3 is 23.9 Å². The van der Waals surface area contributed by atoms with Crippen molar-refractivity contribution in [1.82, 2.24) is 0 Å². The average molecular weight is 444 g/mol. The molecule has 0 heterocycles. The van der Waals surface area contributed by atoms with Crippen LogP contribution in [0.3, 0.4) is 0 Å². The van der Waals surface area contributed by atoms with Crippen molar-refractivity contribution in [1.29, 1.82) is 0 Å². The Hall–Kier alpha value is -3.68. The Bertz CT molecular complexity index is 972. The maximum Gasteiger partial charge on any atom is 0.336 e. The summed E-state index contributed by atoms with van der Waals surface area (Å²) in [6.07, 6.45) is 1.33. The van der Waals surface area contributed by atoms with Crippen molar-refractivity contribution < 1.29 is 39.6 Å². The Morgan fingerprint density at radius 1 is 0.625 bits per heavy atom. The quantitative estimate of drug-likeness (QED) is 0.463. The second-order valence-corrected chi connectivity index (χ2v) is 8.09. The van der Waals surface area contributed by atoms with E-state index in [0.717, 1.165) is 12.0 Å². The maximum atomic E-state index is 11.5. The molecule has 0 bridgehead atoms. The van der Waals surface area contributed by atoms with Crippen molar-refractivity contribution in [2.45, 2.75) is 40.5 Å². The van der Waals surface area contributed by atoms with Crippen LogP contribution in [-0.4, -0.2) is 44.3 Å². The third-order valence-corrected chi connectivity index (χ3v) is 4.48. The molecule has 172 valence electrons. The van der Waals surface area contributed by atoms with Gasteiger partial charge in [0.2, 0.25) is 0 Å². The van der Waals surface area contributed by atoms with Crippen LogP contribution >= 0.6 is 0 Å². The van der Waals surface area contributed by atoms with Crippen molar-refractivity contribution >= 4 is 23.9 Å². The summed E-state index contributed by atoms with van der Waals surface area (Å²) in [5, 5.41) is 35.7. The Morgan fingerprint density at radius 3 is 1.41 bits per heavy atom. The van der Waals surface area contributed by atoms with E-state index in [1.54, 1.807) is 6.07 Å². The smallest absolute Gasteiger partial charge is 0.336 e. The first-order valence-electron chi connectivity index (χ1n) is 10.0. The van der Waals surface area contributed by atoms with E-state index in [1.165, 1.54) is 30.3 Å². The third kappa shape index (κ3) is 7.23. The fourth-order valence-corrected chi connectivity index (χ4v) is 3.24. The highest BCUT2D eigenvalue weighted by Gasteiger charge is 2.23. The highest BCUT2D eigenvalue weighted by Crippen LogP contribution is 2.25. The molecule has 0 saturated heterocycles. The number of rotatable bonds is 8. The SMILES string of the molecule is CC(C)Cc1ccc(C(=O)O)c(C(=O)O)c1CC(C)C.O=C(O)c1ccccc1C(=O)O. The predicted molar refractivity (Wildman–Crippen MR) is 118 cm³/mol. The average Bonchev–Trinajstić information content (AvgIpc) is 2.68. The summed E-state index contributed by atoms with van der Waals surface area (Å²) in [6.45, 7) is 8.12. The second kappa shape index (κ2) is 11.6.